The Balaban J connectivity index is 1.11. The number of fused-ring (bicyclic) bond motifs is 6. The Kier molecular flexibility index (Phi) is 10.3. The molecular formula is C66H60N2O2. The zero-order chi connectivity index (χ0) is 48.1. The molecule has 0 fully saturated rings. The number of para-hydroxylation sites is 4. The highest BCUT2D eigenvalue weighted by atomic mass is 16.3. The van der Waals surface area contributed by atoms with Crippen LogP contribution in [0, 0.1) is 0 Å². The van der Waals surface area contributed by atoms with Crippen molar-refractivity contribution in [1.29, 1.82) is 0 Å². The van der Waals surface area contributed by atoms with Crippen molar-refractivity contribution in [1.82, 2.24) is 0 Å². The van der Waals surface area contributed by atoms with Gasteiger partial charge in [-0.1, -0.05) is 190 Å². The molecule has 0 aliphatic rings. The summed E-state index contributed by atoms with van der Waals surface area (Å²) >= 11 is 0. The molecule has 0 bridgehead atoms. The number of aryl methyl sites for hydroxylation is 2. The summed E-state index contributed by atoms with van der Waals surface area (Å²) in [7, 11) is 0. The van der Waals surface area contributed by atoms with Crippen LogP contribution in [-0.4, -0.2) is 0 Å². The second kappa shape index (κ2) is 16.6. The summed E-state index contributed by atoms with van der Waals surface area (Å²) in [4.78, 5) is 4.87. The molecule has 2 heterocycles. The van der Waals surface area contributed by atoms with Gasteiger partial charge >= 0.3 is 0 Å². The third-order valence-corrected chi connectivity index (χ3v) is 14.7. The van der Waals surface area contributed by atoms with Crippen molar-refractivity contribution in [2.75, 3.05) is 9.80 Å². The SMILES string of the molecule is CCCc1ccc(N(c2ccc3ccc4c(N(c5ccc(CCC)cc5)c5cccc6c5oc5c(C(C)(C)C)cccc56)ccc5ccc2c3c54)c2cccc3c2oc2c(C(C)(C)C)cccc23)cc1. The van der Waals surface area contributed by atoms with Gasteiger partial charge in [0.05, 0.1) is 22.7 Å². The Hall–Kier alpha value is -7.56. The Bertz CT molecular complexity index is 3670. The summed E-state index contributed by atoms with van der Waals surface area (Å²) in [6.45, 7) is 18.1. The third-order valence-electron chi connectivity index (χ3n) is 14.7. The quantitative estimate of drug-likeness (QED) is 0.128. The molecule has 0 aliphatic heterocycles. The first-order valence-electron chi connectivity index (χ1n) is 25.3. The molecule has 4 heteroatoms. The predicted octanol–water partition coefficient (Wildman–Crippen LogP) is 19.8. The highest BCUT2D eigenvalue weighted by Gasteiger charge is 2.28. The van der Waals surface area contributed by atoms with Gasteiger partial charge in [-0.15, -0.1) is 0 Å². The molecule has 0 atom stereocenters. The predicted molar refractivity (Wildman–Crippen MR) is 299 cm³/mol. The van der Waals surface area contributed by atoms with E-state index in [0.717, 1.165) is 104 Å². The molecular weight excluding hydrogens is 853 g/mol. The van der Waals surface area contributed by atoms with Gasteiger partial charge in [-0.25, -0.2) is 0 Å². The average Bonchev–Trinajstić information content (AvgIpc) is 3.94. The van der Waals surface area contributed by atoms with E-state index in [1.807, 2.05) is 0 Å². The maximum absolute atomic E-state index is 7.12. The second-order valence-corrected chi connectivity index (χ2v) is 21.5. The minimum Gasteiger partial charge on any atom is -0.454 e. The highest BCUT2D eigenvalue weighted by molar-refractivity contribution is 6.29. The smallest absolute Gasteiger partial charge is 0.159 e. The van der Waals surface area contributed by atoms with E-state index in [-0.39, 0.29) is 10.8 Å². The standard InChI is InChI=1S/C66H60N2O2/c1-9-15-41-25-33-45(34-26-41)67(57-23-13-19-49-47-17-11-21-53(65(3,4)5)61(47)69-63(49)57)55-39-31-43-30-38-52-56(40-32-44-29-37-51(55)59(43)60(44)52)68(46-35-27-42(16-10-2)28-36-46)58-24-14-20-50-48-18-12-22-54(66(6,7)8)62(48)70-64(50)58/h11-14,17-40H,9-10,15-16H2,1-8H3. The number of hydrogen-bond donors (Lipinski definition) is 0. The molecule has 0 radical (unpaired) electrons. The van der Waals surface area contributed by atoms with Gasteiger partial charge in [0.25, 0.3) is 0 Å². The van der Waals surface area contributed by atoms with E-state index >= 15 is 0 Å². The maximum Gasteiger partial charge on any atom is 0.159 e. The molecule has 0 aliphatic carbocycles. The molecule has 0 amide bonds. The molecule has 70 heavy (non-hydrogen) atoms. The van der Waals surface area contributed by atoms with Crippen LogP contribution >= 0.6 is 0 Å². The van der Waals surface area contributed by atoms with Crippen LogP contribution in [0.4, 0.5) is 34.1 Å². The van der Waals surface area contributed by atoms with Gasteiger partial charge in [-0.3, -0.25) is 0 Å². The highest BCUT2D eigenvalue weighted by Crippen LogP contribution is 2.51. The first-order valence-corrected chi connectivity index (χ1v) is 25.3. The van der Waals surface area contributed by atoms with Crippen LogP contribution in [0.2, 0.25) is 0 Å². The van der Waals surface area contributed by atoms with E-state index in [9.17, 15) is 0 Å². The summed E-state index contributed by atoms with van der Waals surface area (Å²) < 4.78 is 14.2. The largest absolute Gasteiger partial charge is 0.454 e. The fraction of sp³-hybridized carbons (Fsp3) is 0.212. The third kappa shape index (κ3) is 7.02. The van der Waals surface area contributed by atoms with E-state index in [1.165, 1.54) is 54.6 Å². The van der Waals surface area contributed by atoms with Gasteiger partial charge in [0, 0.05) is 54.8 Å². The number of benzene rings is 10. The van der Waals surface area contributed by atoms with Gasteiger partial charge in [0.15, 0.2) is 11.2 Å². The normalized spacial score (nSPS) is 12.5. The van der Waals surface area contributed by atoms with E-state index in [2.05, 4.69) is 235 Å². The zero-order valence-corrected chi connectivity index (χ0v) is 41.7. The second-order valence-electron chi connectivity index (χ2n) is 21.5. The maximum atomic E-state index is 7.12. The van der Waals surface area contributed by atoms with Crippen molar-refractivity contribution in [3.05, 3.63) is 192 Å². The lowest BCUT2D eigenvalue weighted by Gasteiger charge is -2.29. The Labute approximate surface area is 411 Å². The minimum absolute atomic E-state index is 0.0876. The van der Waals surface area contributed by atoms with Gasteiger partial charge in [-0.05, 0) is 105 Å². The van der Waals surface area contributed by atoms with Crippen LogP contribution in [0.25, 0.3) is 76.2 Å². The minimum atomic E-state index is -0.0876. The van der Waals surface area contributed by atoms with E-state index in [4.69, 9.17) is 8.83 Å². The molecule has 10 aromatic carbocycles. The summed E-state index contributed by atoms with van der Waals surface area (Å²) in [5.41, 5.74) is 15.0. The van der Waals surface area contributed by atoms with Crippen molar-refractivity contribution >= 4 is 110 Å². The summed E-state index contributed by atoms with van der Waals surface area (Å²) in [5.74, 6) is 0. The summed E-state index contributed by atoms with van der Waals surface area (Å²) in [6.07, 6.45) is 4.28. The van der Waals surface area contributed by atoms with Gasteiger partial charge < -0.3 is 18.6 Å². The first-order chi connectivity index (χ1) is 33.9. The van der Waals surface area contributed by atoms with Gasteiger partial charge in [0.2, 0.25) is 0 Å². The molecule has 346 valence electrons. The van der Waals surface area contributed by atoms with Crippen molar-refractivity contribution < 1.29 is 8.83 Å². The lowest BCUT2D eigenvalue weighted by atomic mass is 9.86. The van der Waals surface area contributed by atoms with Crippen LogP contribution in [0.1, 0.15) is 90.5 Å². The molecule has 0 saturated heterocycles. The number of rotatable bonds is 10. The topological polar surface area (TPSA) is 32.8 Å². The van der Waals surface area contributed by atoms with Crippen molar-refractivity contribution in [3.8, 4) is 0 Å². The van der Waals surface area contributed by atoms with E-state index in [0.29, 0.717) is 0 Å². The summed E-state index contributed by atoms with van der Waals surface area (Å²) in [6, 6.07) is 63.3. The molecule has 2 aromatic heterocycles. The Morgan fingerprint density at radius 3 is 1.07 bits per heavy atom. The van der Waals surface area contributed by atoms with Crippen LogP contribution in [-0.2, 0) is 23.7 Å². The van der Waals surface area contributed by atoms with Crippen molar-refractivity contribution in [3.63, 3.8) is 0 Å². The van der Waals surface area contributed by atoms with E-state index < -0.39 is 0 Å². The number of anilines is 6. The first kappa shape index (κ1) is 43.7. The monoisotopic (exact) mass is 912 g/mol. The summed E-state index contributed by atoms with van der Waals surface area (Å²) in [5, 5.41) is 11.8. The number of nitrogens with zero attached hydrogens (tertiary/aromatic N) is 2. The van der Waals surface area contributed by atoms with Crippen molar-refractivity contribution in [2.45, 2.75) is 91.9 Å². The lowest BCUT2D eigenvalue weighted by Crippen LogP contribution is -2.12. The fourth-order valence-corrected chi connectivity index (χ4v) is 11.3. The van der Waals surface area contributed by atoms with Crippen LogP contribution in [0.15, 0.2) is 179 Å². The van der Waals surface area contributed by atoms with Crippen molar-refractivity contribution in [2.24, 2.45) is 0 Å². The zero-order valence-electron chi connectivity index (χ0n) is 41.7. The number of furan rings is 2. The Morgan fingerprint density at radius 2 is 0.700 bits per heavy atom. The van der Waals surface area contributed by atoms with Crippen LogP contribution < -0.4 is 9.80 Å². The molecule has 12 rings (SSSR count). The molecule has 0 N–H and O–H groups in total. The average molecular weight is 913 g/mol. The van der Waals surface area contributed by atoms with Crippen LogP contribution in [0.5, 0.6) is 0 Å². The molecule has 12 aromatic rings. The lowest BCUT2D eigenvalue weighted by molar-refractivity contribution is 0.572. The number of hydrogen-bond acceptors (Lipinski definition) is 4. The molecule has 0 spiro atoms. The molecule has 4 nitrogen and oxygen atoms in total. The van der Waals surface area contributed by atoms with Gasteiger partial charge in [0.1, 0.15) is 11.2 Å². The Morgan fingerprint density at radius 1 is 0.343 bits per heavy atom. The fourth-order valence-electron chi connectivity index (χ4n) is 11.3. The van der Waals surface area contributed by atoms with Crippen LogP contribution in [0.3, 0.4) is 0 Å². The van der Waals surface area contributed by atoms with E-state index in [1.54, 1.807) is 0 Å². The molecule has 0 saturated carbocycles. The van der Waals surface area contributed by atoms with Gasteiger partial charge in [-0.2, -0.15) is 0 Å². The molecule has 0 unspecified atom stereocenters.